The molecule has 12 heteroatoms. The SMILES string of the molecule is COc1ccc(S(=O)(=O)n2c(S(=O)(=O)c3ccc(CNS(C)(=O)=O)cc3)cc3ccccc32)cc1. The monoisotopic (exact) mass is 534 g/mol. The Bertz CT molecular complexity index is 1710. The number of nitrogens with zero attached hydrogens (tertiary/aromatic N) is 1. The number of aromatic nitrogens is 1. The van der Waals surface area contributed by atoms with Crippen molar-refractivity contribution >= 4 is 40.8 Å². The largest absolute Gasteiger partial charge is 0.497 e. The molecule has 0 aliphatic carbocycles. The first-order chi connectivity index (χ1) is 16.4. The highest BCUT2D eigenvalue weighted by atomic mass is 32.2. The molecule has 1 aromatic heterocycles. The van der Waals surface area contributed by atoms with Gasteiger partial charge in [0.15, 0.2) is 5.03 Å². The molecule has 3 aromatic carbocycles. The smallest absolute Gasteiger partial charge is 0.269 e. The summed E-state index contributed by atoms with van der Waals surface area (Å²) in [7, 11) is -10.5. The van der Waals surface area contributed by atoms with Gasteiger partial charge in [-0.3, -0.25) is 0 Å². The van der Waals surface area contributed by atoms with Gasteiger partial charge in [-0.15, -0.1) is 0 Å². The number of ether oxygens (including phenoxy) is 1. The number of fused-ring (bicyclic) bond motifs is 1. The zero-order chi connectivity index (χ0) is 25.4. The molecular formula is C23H22N2O7S3. The molecule has 35 heavy (non-hydrogen) atoms. The predicted octanol–water partition coefficient (Wildman–Crippen LogP) is 2.77. The number of sulfone groups is 1. The van der Waals surface area contributed by atoms with Crippen molar-refractivity contribution in [2.24, 2.45) is 0 Å². The minimum Gasteiger partial charge on any atom is -0.497 e. The quantitative estimate of drug-likeness (QED) is 0.368. The minimum atomic E-state index is -4.30. The third-order valence-corrected chi connectivity index (χ3v) is 9.55. The second kappa shape index (κ2) is 9.11. The van der Waals surface area contributed by atoms with E-state index in [4.69, 9.17) is 4.74 Å². The molecule has 0 aliphatic rings. The predicted molar refractivity (Wildman–Crippen MR) is 131 cm³/mol. The zero-order valence-electron chi connectivity index (χ0n) is 18.7. The fourth-order valence-corrected chi connectivity index (χ4v) is 7.27. The molecule has 0 spiro atoms. The van der Waals surface area contributed by atoms with E-state index in [0.29, 0.717) is 16.7 Å². The van der Waals surface area contributed by atoms with Crippen LogP contribution < -0.4 is 9.46 Å². The van der Waals surface area contributed by atoms with Crippen LogP contribution in [-0.2, 0) is 36.4 Å². The first-order valence-electron chi connectivity index (χ1n) is 10.2. The fourth-order valence-electron chi connectivity index (χ4n) is 3.51. The van der Waals surface area contributed by atoms with E-state index in [9.17, 15) is 25.3 Å². The molecule has 0 atom stereocenters. The van der Waals surface area contributed by atoms with E-state index < -0.39 is 34.9 Å². The molecule has 0 unspecified atom stereocenters. The average molecular weight is 535 g/mol. The second-order valence-corrected chi connectivity index (χ2v) is 13.2. The fraction of sp³-hybridized carbons (Fsp3) is 0.130. The van der Waals surface area contributed by atoms with Crippen LogP contribution in [0.25, 0.3) is 10.9 Å². The molecule has 0 saturated carbocycles. The van der Waals surface area contributed by atoms with E-state index in [2.05, 4.69) is 4.72 Å². The number of hydrogen-bond acceptors (Lipinski definition) is 7. The van der Waals surface area contributed by atoms with Crippen molar-refractivity contribution in [2.75, 3.05) is 13.4 Å². The van der Waals surface area contributed by atoms with Crippen LogP contribution in [-0.4, -0.2) is 42.6 Å². The van der Waals surface area contributed by atoms with Crippen LogP contribution >= 0.6 is 0 Å². The molecule has 4 aromatic rings. The van der Waals surface area contributed by atoms with Crippen LogP contribution in [0.15, 0.2) is 93.7 Å². The number of hydrogen-bond donors (Lipinski definition) is 1. The maximum atomic E-state index is 13.6. The zero-order valence-corrected chi connectivity index (χ0v) is 21.2. The summed E-state index contributed by atoms with van der Waals surface area (Å²) in [5, 5.41) is 0.0358. The summed E-state index contributed by atoms with van der Waals surface area (Å²) < 4.78 is 85.4. The van der Waals surface area contributed by atoms with Crippen molar-refractivity contribution in [3.8, 4) is 5.75 Å². The van der Waals surface area contributed by atoms with Crippen molar-refractivity contribution in [3.05, 3.63) is 84.4 Å². The summed E-state index contributed by atoms with van der Waals surface area (Å²) in [6.45, 7) is -0.00866. The van der Waals surface area contributed by atoms with Gasteiger partial charge in [-0.25, -0.2) is 33.9 Å². The Morgan fingerprint density at radius 1 is 0.800 bits per heavy atom. The Morgan fingerprint density at radius 2 is 1.40 bits per heavy atom. The number of nitrogens with one attached hydrogen (secondary N) is 1. The van der Waals surface area contributed by atoms with Crippen molar-refractivity contribution in [1.82, 2.24) is 8.69 Å². The first kappa shape index (κ1) is 24.9. The molecule has 0 aliphatic heterocycles. The summed E-state index contributed by atoms with van der Waals surface area (Å²) in [5.74, 6) is 0.458. The molecule has 184 valence electrons. The Morgan fingerprint density at radius 3 is 2.00 bits per heavy atom. The molecule has 0 fully saturated rings. The molecule has 1 heterocycles. The number of methoxy groups -OCH3 is 1. The van der Waals surface area contributed by atoms with Gasteiger partial charge in [-0.1, -0.05) is 30.3 Å². The van der Waals surface area contributed by atoms with E-state index in [0.717, 1.165) is 10.2 Å². The van der Waals surface area contributed by atoms with Crippen molar-refractivity contribution in [1.29, 1.82) is 0 Å². The standard InChI is InChI=1S/C23H22N2O7S3/c1-32-19-9-13-21(14-10-19)35(30,31)25-22-6-4-3-5-18(22)15-23(25)34(28,29)20-11-7-17(8-12-20)16-24-33(2,26)27/h3-15,24H,16H2,1-2H3. The van der Waals surface area contributed by atoms with E-state index >= 15 is 0 Å². The highest BCUT2D eigenvalue weighted by Crippen LogP contribution is 2.32. The highest BCUT2D eigenvalue weighted by Gasteiger charge is 2.31. The normalized spacial score (nSPS) is 12.6. The summed E-state index contributed by atoms with van der Waals surface area (Å²) in [6.07, 6.45) is 1.02. The van der Waals surface area contributed by atoms with Crippen molar-refractivity contribution in [3.63, 3.8) is 0 Å². The van der Waals surface area contributed by atoms with Gasteiger partial charge in [0.25, 0.3) is 10.0 Å². The Hall–Kier alpha value is -3.19. The van der Waals surface area contributed by atoms with Crippen LogP contribution in [0, 0.1) is 0 Å². The van der Waals surface area contributed by atoms with Gasteiger partial charge < -0.3 is 4.74 Å². The van der Waals surface area contributed by atoms with Gasteiger partial charge in [0.05, 0.1) is 28.7 Å². The lowest BCUT2D eigenvalue weighted by molar-refractivity contribution is 0.414. The van der Waals surface area contributed by atoms with Gasteiger partial charge >= 0.3 is 0 Å². The van der Waals surface area contributed by atoms with Gasteiger partial charge in [0.1, 0.15) is 5.75 Å². The summed E-state index contributed by atoms with van der Waals surface area (Å²) in [6, 6.07) is 19.0. The molecule has 0 saturated heterocycles. The molecule has 0 amide bonds. The average Bonchev–Trinajstić information content (AvgIpc) is 3.24. The van der Waals surface area contributed by atoms with Gasteiger partial charge in [-0.05, 0) is 54.1 Å². The Kier molecular flexibility index (Phi) is 6.49. The third-order valence-electron chi connectivity index (χ3n) is 5.28. The summed E-state index contributed by atoms with van der Waals surface area (Å²) in [4.78, 5) is -0.229. The van der Waals surface area contributed by atoms with Gasteiger partial charge in [0.2, 0.25) is 19.9 Å². The third kappa shape index (κ3) is 4.96. The van der Waals surface area contributed by atoms with Crippen LogP contribution in [0.5, 0.6) is 5.75 Å². The first-order valence-corrected chi connectivity index (χ1v) is 15.0. The molecule has 4 rings (SSSR count). The topological polar surface area (TPSA) is 129 Å². The number of sulfonamides is 1. The molecule has 9 nitrogen and oxygen atoms in total. The molecule has 1 N–H and O–H groups in total. The number of rotatable bonds is 8. The van der Waals surface area contributed by atoms with Crippen LogP contribution in [0.1, 0.15) is 5.56 Å². The number of para-hydroxylation sites is 1. The maximum absolute atomic E-state index is 13.6. The van der Waals surface area contributed by atoms with Crippen molar-refractivity contribution < 1.29 is 30.0 Å². The maximum Gasteiger partial charge on any atom is 0.269 e. The Balaban J connectivity index is 1.84. The van der Waals surface area contributed by atoms with E-state index in [-0.39, 0.29) is 21.9 Å². The summed E-state index contributed by atoms with van der Waals surface area (Å²) >= 11 is 0. The van der Waals surface area contributed by atoms with E-state index in [1.54, 1.807) is 18.2 Å². The molecular weight excluding hydrogens is 512 g/mol. The highest BCUT2D eigenvalue weighted by molar-refractivity contribution is 7.93. The summed E-state index contributed by atoms with van der Waals surface area (Å²) in [5.41, 5.74) is 0.761. The van der Waals surface area contributed by atoms with E-state index in [1.807, 2.05) is 0 Å². The molecule has 0 radical (unpaired) electrons. The number of benzene rings is 3. The van der Waals surface area contributed by atoms with Gasteiger partial charge in [-0.2, -0.15) is 0 Å². The molecule has 0 bridgehead atoms. The lowest BCUT2D eigenvalue weighted by atomic mass is 10.2. The van der Waals surface area contributed by atoms with Crippen LogP contribution in [0.4, 0.5) is 0 Å². The Labute approximate surface area is 204 Å². The lowest BCUT2D eigenvalue weighted by Crippen LogP contribution is -2.21. The minimum absolute atomic E-state index is 0.00866. The van der Waals surface area contributed by atoms with Crippen LogP contribution in [0.2, 0.25) is 0 Å². The lowest BCUT2D eigenvalue weighted by Gasteiger charge is -2.13. The van der Waals surface area contributed by atoms with Gasteiger partial charge in [0, 0.05) is 11.9 Å². The van der Waals surface area contributed by atoms with E-state index in [1.165, 1.54) is 67.8 Å². The van der Waals surface area contributed by atoms with Crippen molar-refractivity contribution in [2.45, 2.75) is 21.4 Å². The van der Waals surface area contributed by atoms with Crippen LogP contribution in [0.3, 0.4) is 0 Å². The second-order valence-electron chi connectivity index (χ2n) is 7.73.